The number of nitrogens with one attached hydrogen (secondary N) is 1. The Morgan fingerprint density at radius 2 is 1.50 bits per heavy atom. The SMILES string of the molecule is O=C1OCC2=C1C(c1ccc3c(c1)C(=O)OC3)C1=C(N2)C(=O)c2ccccc2C1=O. The second kappa shape index (κ2) is 5.76. The van der Waals surface area contributed by atoms with E-state index in [0.717, 1.165) is 5.56 Å². The maximum Gasteiger partial charge on any atom is 0.338 e. The van der Waals surface area contributed by atoms with E-state index in [1.807, 2.05) is 0 Å². The molecular weight excluding hydrogens is 386 g/mol. The van der Waals surface area contributed by atoms with Gasteiger partial charge in [-0.15, -0.1) is 0 Å². The largest absolute Gasteiger partial charge is 0.457 e. The smallest absolute Gasteiger partial charge is 0.338 e. The fourth-order valence-corrected chi connectivity index (χ4v) is 4.55. The fraction of sp³-hybridized carbons (Fsp3) is 0.130. The molecule has 1 unspecified atom stereocenters. The van der Waals surface area contributed by atoms with Gasteiger partial charge in [-0.2, -0.15) is 0 Å². The number of carbonyl (C=O) groups excluding carboxylic acids is 4. The van der Waals surface area contributed by atoms with Crippen molar-refractivity contribution in [1.82, 2.24) is 5.32 Å². The summed E-state index contributed by atoms with van der Waals surface area (Å²) in [4.78, 5) is 51.3. The number of rotatable bonds is 1. The third kappa shape index (κ3) is 2.09. The molecule has 0 bridgehead atoms. The molecule has 1 atom stereocenters. The van der Waals surface area contributed by atoms with E-state index in [-0.39, 0.29) is 36.1 Å². The van der Waals surface area contributed by atoms with Crippen LogP contribution in [0.4, 0.5) is 0 Å². The lowest BCUT2D eigenvalue weighted by atomic mass is 9.73. The summed E-state index contributed by atoms with van der Waals surface area (Å²) in [7, 11) is 0. The molecule has 6 rings (SSSR count). The highest BCUT2D eigenvalue weighted by Crippen LogP contribution is 2.45. The van der Waals surface area contributed by atoms with Crippen LogP contribution in [0.1, 0.15) is 48.1 Å². The molecule has 2 aromatic rings. The quantitative estimate of drug-likeness (QED) is 0.734. The molecule has 0 fully saturated rings. The van der Waals surface area contributed by atoms with Gasteiger partial charge in [-0.05, 0) is 11.6 Å². The number of ether oxygens (including phenoxy) is 2. The summed E-state index contributed by atoms with van der Waals surface area (Å²) in [6.07, 6.45) is 0. The van der Waals surface area contributed by atoms with Gasteiger partial charge in [-0.3, -0.25) is 9.59 Å². The Bertz CT molecular complexity index is 1300. The summed E-state index contributed by atoms with van der Waals surface area (Å²) in [5.41, 5.74) is 3.43. The van der Waals surface area contributed by atoms with Crippen LogP contribution in [-0.4, -0.2) is 30.1 Å². The molecule has 0 saturated carbocycles. The second-order valence-electron chi connectivity index (χ2n) is 7.51. The van der Waals surface area contributed by atoms with E-state index < -0.39 is 17.9 Å². The number of benzene rings is 2. The molecule has 0 amide bonds. The van der Waals surface area contributed by atoms with Crippen LogP contribution in [0.3, 0.4) is 0 Å². The summed E-state index contributed by atoms with van der Waals surface area (Å²) >= 11 is 0. The number of hydrogen-bond donors (Lipinski definition) is 1. The average molecular weight is 399 g/mol. The molecule has 1 N–H and O–H groups in total. The number of hydrogen-bond acceptors (Lipinski definition) is 7. The number of carbonyl (C=O) groups is 4. The zero-order valence-electron chi connectivity index (χ0n) is 15.5. The molecule has 0 radical (unpaired) electrons. The van der Waals surface area contributed by atoms with Crippen molar-refractivity contribution in [3.05, 3.63) is 92.8 Å². The first-order valence-corrected chi connectivity index (χ1v) is 9.44. The van der Waals surface area contributed by atoms with Crippen molar-refractivity contribution >= 4 is 23.5 Å². The Kier molecular flexibility index (Phi) is 3.25. The Balaban J connectivity index is 1.60. The number of fused-ring (bicyclic) bond motifs is 2. The Morgan fingerprint density at radius 1 is 0.767 bits per heavy atom. The Morgan fingerprint density at radius 3 is 2.30 bits per heavy atom. The van der Waals surface area contributed by atoms with E-state index in [9.17, 15) is 19.2 Å². The standard InChI is InChI=1S/C23H13NO6/c25-20-12-3-1-2-4-13(12)21(26)19-18(20)16(17-15(24-19)9-30-23(17)28)10-5-6-11-8-29-22(27)14(11)7-10/h1-7,16,24H,8-9H2. The first-order chi connectivity index (χ1) is 14.5. The van der Waals surface area contributed by atoms with Gasteiger partial charge in [0, 0.05) is 28.2 Å². The monoisotopic (exact) mass is 399 g/mol. The van der Waals surface area contributed by atoms with Gasteiger partial charge in [0.15, 0.2) is 5.78 Å². The van der Waals surface area contributed by atoms with Crippen molar-refractivity contribution in [2.24, 2.45) is 0 Å². The normalized spacial score (nSPS) is 21.5. The molecule has 0 aromatic heterocycles. The summed E-state index contributed by atoms with van der Waals surface area (Å²) in [5.74, 6) is -2.44. The Hall–Kier alpha value is -4.00. The van der Waals surface area contributed by atoms with Crippen molar-refractivity contribution in [3.63, 3.8) is 0 Å². The average Bonchev–Trinajstić information content (AvgIpc) is 3.33. The maximum atomic E-state index is 13.5. The first kappa shape index (κ1) is 16.9. The highest BCUT2D eigenvalue weighted by Gasteiger charge is 2.46. The van der Waals surface area contributed by atoms with Gasteiger partial charge in [-0.1, -0.05) is 36.4 Å². The summed E-state index contributed by atoms with van der Waals surface area (Å²) in [6.45, 7) is 0.187. The molecule has 146 valence electrons. The molecule has 1 aliphatic carbocycles. The number of dihydropyridines is 1. The second-order valence-corrected chi connectivity index (χ2v) is 7.51. The third-order valence-electron chi connectivity index (χ3n) is 5.95. The number of cyclic esters (lactones) is 2. The van der Waals surface area contributed by atoms with Crippen LogP contribution in [0.15, 0.2) is 65.0 Å². The predicted molar refractivity (Wildman–Crippen MR) is 102 cm³/mol. The number of Topliss-reactive ketones (excluding diaryl/α,β-unsaturated/α-hetero) is 2. The van der Waals surface area contributed by atoms with Crippen molar-refractivity contribution < 1.29 is 28.7 Å². The molecule has 7 heteroatoms. The van der Waals surface area contributed by atoms with Crippen LogP contribution in [-0.2, 0) is 20.9 Å². The van der Waals surface area contributed by atoms with Crippen LogP contribution >= 0.6 is 0 Å². The maximum absolute atomic E-state index is 13.5. The lowest BCUT2D eigenvalue weighted by molar-refractivity contribution is -0.136. The zero-order chi connectivity index (χ0) is 20.6. The van der Waals surface area contributed by atoms with E-state index in [4.69, 9.17) is 9.47 Å². The van der Waals surface area contributed by atoms with Crippen molar-refractivity contribution in [2.75, 3.05) is 6.61 Å². The molecule has 0 spiro atoms. The number of ketones is 2. The predicted octanol–water partition coefficient (Wildman–Crippen LogP) is 2.19. The van der Waals surface area contributed by atoms with Crippen LogP contribution in [0.25, 0.3) is 0 Å². The fourth-order valence-electron chi connectivity index (χ4n) is 4.55. The third-order valence-corrected chi connectivity index (χ3v) is 5.95. The molecule has 7 nitrogen and oxygen atoms in total. The minimum absolute atomic E-state index is 0.00243. The molecule has 4 aliphatic rings. The lowest BCUT2D eigenvalue weighted by Gasteiger charge is -2.32. The first-order valence-electron chi connectivity index (χ1n) is 9.44. The van der Waals surface area contributed by atoms with Crippen molar-refractivity contribution in [3.8, 4) is 0 Å². The molecular formula is C23H13NO6. The van der Waals surface area contributed by atoms with Crippen molar-refractivity contribution in [2.45, 2.75) is 12.5 Å². The molecule has 3 aliphatic heterocycles. The minimum atomic E-state index is -0.810. The zero-order valence-corrected chi connectivity index (χ0v) is 15.5. The molecule has 30 heavy (non-hydrogen) atoms. The van der Waals surface area contributed by atoms with Crippen LogP contribution in [0.2, 0.25) is 0 Å². The van der Waals surface area contributed by atoms with Gasteiger partial charge in [0.05, 0.1) is 22.5 Å². The van der Waals surface area contributed by atoms with E-state index in [2.05, 4.69) is 5.32 Å². The van der Waals surface area contributed by atoms with Crippen LogP contribution < -0.4 is 5.32 Å². The highest BCUT2D eigenvalue weighted by atomic mass is 16.5. The minimum Gasteiger partial charge on any atom is -0.457 e. The molecule has 0 saturated heterocycles. The van der Waals surface area contributed by atoms with Crippen molar-refractivity contribution in [1.29, 1.82) is 0 Å². The van der Waals surface area contributed by atoms with Gasteiger partial charge in [0.2, 0.25) is 5.78 Å². The van der Waals surface area contributed by atoms with E-state index in [1.165, 1.54) is 0 Å². The molecule has 3 heterocycles. The number of esters is 2. The van der Waals surface area contributed by atoms with Gasteiger partial charge in [-0.25, -0.2) is 9.59 Å². The lowest BCUT2D eigenvalue weighted by Crippen LogP contribution is -2.37. The topological polar surface area (TPSA) is 98.8 Å². The van der Waals surface area contributed by atoms with Gasteiger partial charge in [0.1, 0.15) is 13.2 Å². The van der Waals surface area contributed by atoms with Crippen LogP contribution in [0, 0.1) is 0 Å². The van der Waals surface area contributed by atoms with E-state index in [0.29, 0.717) is 33.5 Å². The number of allylic oxidation sites excluding steroid dienone is 2. The van der Waals surface area contributed by atoms with Gasteiger partial charge < -0.3 is 14.8 Å². The summed E-state index contributed by atoms with van der Waals surface area (Å²) in [5, 5.41) is 2.98. The van der Waals surface area contributed by atoms with Gasteiger partial charge >= 0.3 is 11.9 Å². The van der Waals surface area contributed by atoms with Crippen LogP contribution in [0.5, 0.6) is 0 Å². The molecule has 2 aromatic carbocycles. The Labute approximate surface area is 170 Å². The van der Waals surface area contributed by atoms with Gasteiger partial charge in [0.25, 0.3) is 0 Å². The summed E-state index contributed by atoms with van der Waals surface area (Å²) < 4.78 is 10.3. The highest BCUT2D eigenvalue weighted by molar-refractivity contribution is 6.28. The van der Waals surface area contributed by atoms with E-state index >= 15 is 0 Å². The summed E-state index contributed by atoms with van der Waals surface area (Å²) in [6, 6.07) is 11.8. The van der Waals surface area contributed by atoms with E-state index in [1.54, 1.807) is 42.5 Å².